The molecule has 4 rings (SSSR count). The van der Waals surface area contributed by atoms with E-state index in [0.29, 0.717) is 31.7 Å². The largest absolute Gasteiger partial charge is 0.494 e. The maximum Gasteiger partial charge on any atom is 0.407 e. The van der Waals surface area contributed by atoms with E-state index < -0.39 is 17.7 Å². The highest BCUT2D eigenvalue weighted by Crippen LogP contribution is 2.38. The van der Waals surface area contributed by atoms with Crippen molar-refractivity contribution in [3.05, 3.63) is 69.1 Å². The van der Waals surface area contributed by atoms with Crippen LogP contribution >= 0.6 is 11.6 Å². The predicted molar refractivity (Wildman–Crippen MR) is 179 cm³/mol. The average molecular weight is 637 g/mol. The maximum atomic E-state index is 13.7. The molecule has 4 aromatic rings. The standard InChI is InChI=1S/C35H45ClN4O5/c1-10-43-33(41)32-27(15-12-18-44-25-19-21(2)30(36)22(3)20-25)26-13-11-14-28(29-23(4)38-39(9)24(29)5)31(26)40(32)17-16-37-34(42)45-35(6,7)8/h11,13-14,19-20H,10,12,15-18H2,1-9H3,(H,37,42). The molecule has 0 aliphatic carbocycles. The fourth-order valence-corrected chi connectivity index (χ4v) is 5.88. The van der Waals surface area contributed by atoms with E-state index in [1.54, 1.807) is 6.92 Å². The predicted octanol–water partition coefficient (Wildman–Crippen LogP) is 7.64. The minimum atomic E-state index is -0.624. The summed E-state index contributed by atoms with van der Waals surface area (Å²) in [6, 6.07) is 10.00. The zero-order chi connectivity index (χ0) is 33.1. The van der Waals surface area contributed by atoms with Crippen LogP contribution in [0.15, 0.2) is 30.3 Å². The minimum absolute atomic E-state index is 0.238. The maximum absolute atomic E-state index is 13.7. The summed E-state index contributed by atoms with van der Waals surface area (Å²) < 4.78 is 21.0. The number of alkyl carbamates (subject to hydrolysis) is 1. The number of carbonyl (C=O) groups is 2. The van der Waals surface area contributed by atoms with E-state index in [4.69, 9.17) is 25.8 Å². The number of para-hydroxylation sites is 1. The molecule has 0 aliphatic heterocycles. The van der Waals surface area contributed by atoms with Crippen molar-refractivity contribution >= 4 is 34.6 Å². The van der Waals surface area contributed by atoms with E-state index in [2.05, 4.69) is 16.5 Å². The Balaban J connectivity index is 1.77. The summed E-state index contributed by atoms with van der Waals surface area (Å²) in [4.78, 5) is 26.2. The van der Waals surface area contributed by atoms with Crippen LogP contribution in [-0.2, 0) is 29.5 Å². The Morgan fingerprint density at radius 2 is 1.76 bits per heavy atom. The first-order valence-corrected chi connectivity index (χ1v) is 15.8. The lowest BCUT2D eigenvalue weighted by molar-refractivity contribution is 0.0513. The number of carbonyl (C=O) groups excluding carboxylic acids is 2. The fourth-order valence-electron chi connectivity index (χ4n) is 5.77. The van der Waals surface area contributed by atoms with E-state index in [0.717, 1.165) is 60.9 Å². The molecule has 0 aliphatic rings. The Bertz CT molecular complexity index is 1690. The molecule has 1 amide bonds. The third kappa shape index (κ3) is 7.64. The lowest BCUT2D eigenvalue weighted by Gasteiger charge is -2.20. The van der Waals surface area contributed by atoms with Gasteiger partial charge in [0.25, 0.3) is 0 Å². The second kappa shape index (κ2) is 14.0. The Labute approximate surface area is 270 Å². The van der Waals surface area contributed by atoms with Crippen LogP contribution < -0.4 is 10.1 Å². The van der Waals surface area contributed by atoms with Gasteiger partial charge in [0.1, 0.15) is 17.0 Å². The summed E-state index contributed by atoms with van der Waals surface area (Å²) >= 11 is 6.34. The summed E-state index contributed by atoms with van der Waals surface area (Å²) in [7, 11) is 1.93. The van der Waals surface area contributed by atoms with Gasteiger partial charge in [-0.2, -0.15) is 5.10 Å². The van der Waals surface area contributed by atoms with E-state index in [-0.39, 0.29) is 13.2 Å². The lowest BCUT2D eigenvalue weighted by Crippen LogP contribution is -2.34. The molecule has 0 saturated carbocycles. The molecule has 9 nitrogen and oxygen atoms in total. The Kier molecular flexibility index (Phi) is 10.5. The highest BCUT2D eigenvalue weighted by molar-refractivity contribution is 6.32. The van der Waals surface area contributed by atoms with Gasteiger partial charge in [0.05, 0.1) is 24.4 Å². The topological polar surface area (TPSA) is 96.6 Å². The number of nitrogens with one attached hydrogen (secondary N) is 1. The molecule has 0 atom stereocenters. The van der Waals surface area contributed by atoms with Crippen LogP contribution in [0.25, 0.3) is 22.0 Å². The third-order valence-corrected chi connectivity index (χ3v) is 8.28. The number of nitrogens with zero attached hydrogens (tertiary/aromatic N) is 3. The van der Waals surface area contributed by atoms with Gasteiger partial charge < -0.3 is 24.1 Å². The van der Waals surface area contributed by atoms with Crippen LogP contribution in [0, 0.1) is 27.7 Å². The molecule has 0 saturated heterocycles. The van der Waals surface area contributed by atoms with Gasteiger partial charge in [-0.05, 0) is 97.1 Å². The van der Waals surface area contributed by atoms with E-state index in [9.17, 15) is 9.59 Å². The van der Waals surface area contributed by atoms with Crippen LogP contribution in [-0.4, -0.2) is 51.8 Å². The SMILES string of the molecule is CCOC(=O)c1c(CCCOc2cc(C)c(Cl)c(C)c2)c2cccc(-c3c(C)nn(C)c3C)c2n1CCNC(=O)OC(C)(C)C. The van der Waals surface area contributed by atoms with Crippen LogP contribution in [0.4, 0.5) is 4.79 Å². The summed E-state index contributed by atoms with van der Waals surface area (Å²) in [5.41, 5.74) is 7.45. The van der Waals surface area contributed by atoms with E-state index in [1.165, 1.54) is 0 Å². The number of rotatable bonds is 11. The van der Waals surface area contributed by atoms with Crippen molar-refractivity contribution in [2.75, 3.05) is 19.8 Å². The third-order valence-electron chi connectivity index (χ3n) is 7.69. The second-order valence-corrected chi connectivity index (χ2v) is 12.7. The summed E-state index contributed by atoms with van der Waals surface area (Å²) in [5.74, 6) is 0.358. The Morgan fingerprint density at radius 1 is 1.07 bits per heavy atom. The lowest BCUT2D eigenvalue weighted by atomic mass is 9.98. The zero-order valence-electron chi connectivity index (χ0n) is 27.9. The van der Waals surface area contributed by atoms with Crippen molar-refractivity contribution in [1.29, 1.82) is 0 Å². The van der Waals surface area contributed by atoms with Crippen molar-refractivity contribution < 1.29 is 23.8 Å². The van der Waals surface area contributed by atoms with Gasteiger partial charge in [-0.15, -0.1) is 0 Å². The molecule has 45 heavy (non-hydrogen) atoms. The first-order chi connectivity index (χ1) is 21.2. The first kappa shape index (κ1) is 33.9. The number of ether oxygens (including phenoxy) is 3. The highest BCUT2D eigenvalue weighted by atomic mass is 35.5. The fraction of sp³-hybridized carbons (Fsp3) is 0.457. The summed E-state index contributed by atoms with van der Waals surface area (Å²) in [6.45, 7) is 16.5. The smallest absolute Gasteiger partial charge is 0.407 e. The quantitative estimate of drug-likeness (QED) is 0.134. The molecular formula is C35H45ClN4O5. The average Bonchev–Trinajstić information content (AvgIpc) is 3.40. The van der Waals surface area contributed by atoms with Gasteiger partial charge in [0.2, 0.25) is 0 Å². The molecule has 0 fully saturated rings. The number of aryl methyl sites for hydroxylation is 5. The molecule has 0 unspecified atom stereocenters. The number of esters is 1. The van der Waals surface area contributed by atoms with E-state index >= 15 is 0 Å². The highest BCUT2D eigenvalue weighted by Gasteiger charge is 2.27. The van der Waals surface area contributed by atoms with Gasteiger partial charge in [-0.3, -0.25) is 4.68 Å². The van der Waals surface area contributed by atoms with Crippen molar-refractivity contribution in [1.82, 2.24) is 19.7 Å². The second-order valence-electron chi connectivity index (χ2n) is 12.3. The number of amides is 1. The molecule has 10 heteroatoms. The van der Waals surface area contributed by atoms with Gasteiger partial charge >= 0.3 is 12.1 Å². The normalized spacial score (nSPS) is 11.6. The van der Waals surface area contributed by atoms with Gasteiger partial charge in [-0.1, -0.05) is 29.8 Å². The molecule has 0 bridgehead atoms. The molecule has 242 valence electrons. The number of hydrogen-bond donors (Lipinski definition) is 1. The first-order valence-electron chi connectivity index (χ1n) is 15.4. The molecule has 1 N–H and O–H groups in total. The van der Waals surface area contributed by atoms with Crippen LogP contribution in [0.1, 0.15) is 72.7 Å². The molecule has 2 aromatic heterocycles. The van der Waals surface area contributed by atoms with Crippen molar-refractivity contribution in [2.45, 2.75) is 80.4 Å². The van der Waals surface area contributed by atoms with Crippen molar-refractivity contribution in [2.24, 2.45) is 7.05 Å². The van der Waals surface area contributed by atoms with Crippen LogP contribution in [0.3, 0.4) is 0 Å². The molecule has 2 aromatic carbocycles. The molecule has 0 spiro atoms. The molecule has 0 radical (unpaired) electrons. The summed E-state index contributed by atoms with van der Waals surface area (Å²) in [6.07, 6.45) is 0.732. The number of fused-ring (bicyclic) bond motifs is 1. The van der Waals surface area contributed by atoms with Gasteiger partial charge in [0.15, 0.2) is 0 Å². The Morgan fingerprint density at radius 3 is 2.36 bits per heavy atom. The number of halogens is 1. The monoisotopic (exact) mass is 636 g/mol. The minimum Gasteiger partial charge on any atom is -0.494 e. The van der Waals surface area contributed by atoms with Crippen molar-refractivity contribution in [3.63, 3.8) is 0 Å². The summed E-state index contributed by atoms with van der Waals surface area (Å²) in [5, 5.41) is 9.20. The van der Waals surface area contributed by atoms with E-state index in [1.807, 2.05) is 89.0 Å². The zero-order valence-corrected chi connectivity index (χ0v) is 28.6. The number of hydrogen-bond acceptors (Lipinski definition) is 6. The molecule has 2 heterocycles. The Hall–Kier alpha value is -3.98. The number of aromatic nitrogens is 3. The van der Waals surface area contributed by atoms with Gasteiger partial charge in [-0.25, -0.2) is 9.59 Å². The van der Waals surface area contributed by atoms with Crippen LogP contribution in [0.5, 0.6) is 5.75 Å². The number of benzene rings is 2. The van der Waals surface area contributed by atoms with Crippen molar-refractivity contribution in [3.8, 4) is 16.9 Å². The van der Waals surface area contributed by atoms with Gasteiger partial charge in [0, 0.05) is 47.4 Å². The van der Waals surface area contributed by atoms with Crippen LogP contribution in [0.2, 0.25) is 5.02 Å². The molecular weight excluding hydrogens is 592 g/mol.